The number of aliphatic hydroxyl groups is 11. The zero-order chi connectivity index (χ0) is 61.2. The molecule has 0 saturated carbocycles. The van der Waals surface area contributed by atoms with Crippen LogP contribution < -0.4 is 5.32 Å². The molecule has 17 atom stereocenters. The minimum Gasteiger partial charge on any atom is -0.394 e. The molecule has 3 rings (SSSR count). The topological polar surface area (TPSA) is 307 Å². The molecule has 482 valence electrons. The molecule has 17 unspecified atom stereocenters. The molecule has 3 aliphatic heterocycles. The van der Waals surface area contributed by atoms with Crippen LogP contribution >= 0.6 is 0 Å². The van der Waals surface area contributed by atoms with Crippen LogP contribution in [0.3, 0.4) is 0 Å². The molecule has 19 nitrogen and oxygen atoms in total. The predicted molar refractivity (Wildman–Crippen MR) is 323 cm³/mol. The van der Waals surface area contributed by atoms with Crippen molar-refractivity contribution in [2.75, 3.05) is 26.4 Å². The lowest BCUT2D eigenvalue weighted by Crippen LogP contribution is -2.66. The molecule has 84 heavy (non-hydrogen) atoms. The smallest absolute Gasteiger partial charge is 0.220 e. The number of allylic oxidation sites excluding steroid dienone is 15. The molecule has 0 aromatic heterocycles. The highest BCUT2D eigenvalue weighted by atomic mass is 16.8. The van der Waals surface area contributed by atoms with Gasteiger partial charge in [-0.3, -0.25) is 4.79 Å². The van der Waals surface area contributed by atoms with Gasteiger partial charge in [-0.05, 0) is 89.9 Å². The lowest BCUT2D eigenvalue weighted by atomic mass is 9.96. The molecule has 0 radical (unpaired) electrons. The summed E-state index contributed by atoms with van der Waals surface area (Å²) in [6, 6.07) is -1.02. The van der Waals surface area contributed by atoms with Crippen LogP contribution in [-0.4, -0.2) is 193 Å². The molecule has 3 heterocycles. The number of unbranched alkanes of at least 4 members (excludes halogenated alkanes) is 15. The first-order chi connectivity index (χ1) is 40.8. The molecule has 3 saturated heterocycles. The number of amides is 1. The van der Waals surface area contributed by atoms with E-state index in [-0.39, 0.29) is 12.3 Å². The van der Waals surface area contributed by atoms with Crippen molar-refractivity contribution in [3.8, 4) is 0 Å². The van der Waals surface area contributed by atoms with E-state index in [1.807, 2.05) is 6.08 Å². The Kier molecular flexibility index (Phi) is 41.8. The molecule has 1 amide bonds. The van der Waals surface area contributed by atoms with Gasteiger partial charge in [-0.2, -0.15) is 0 Å². The van der Waals surface area contributed by atoms with Gasteiger partial charge in [-0.1, -0.05) is 175 Å². The van der Waals surface area contributed by atoms with E-state index in [1.165, 1.54) is 64.2 Å². The van der Waals surface area contributed by atoms with Crippen molar-refractivity contribution in [1.29, 1.82) is 0 Å². The third-order valence-corrected chi connectivity index (χ3v) is 15.1. The number of aliphatic hydroxyl groups excluding tert-OH is 11. The molecular formula is C65H109NO18. The maximum Gasteiger partial charge on any atom is 0.220 e. The summed E-state index contributed by atoms with van der Waals surface area (Å²) in [5.74, 6) is -0.325. The van der Waals surface area contributed by atoms with Crippen LogP contribution in [0.15, 0.2) is 97.2 Å². The van der Waals surface area contributed by atoms with Gasteiger partial charge >= 0.3 is 0 Å². The molecule has 0 aromatic rings. The second-order valence-electron chi connectivity index (χ2n) is 22.1. The number of hydrogen-bond donors (Lipinski definition) is 12. The molecule has 0 aromatic carbocycles. The number of carbonyl (C=O) groups is 1. The van der Waals surface area contributed by atoms with Crippen molar-refractivity contribution >= 4 is 5.91 Å². The van der Waals surface area contributed by atoms with E-state index in [2.05, 4.69) is 104 Å². The molecular weight excluding hydrogens is 1080 g/mol. The Labute approximate surface area is 501 Å². The van der Waals surface area contributed by atoms with Gasteiger partial charge in [0.2, 0.25) is 5.91 Å². The van der Waals surface area contributed by atoms with Gasteiger partial charge in [0.25, 0.3) is 0 Å². The van der Waals surface area contributed by atoms with Crippen molar-refractivity contribution < 1.29 is 89.4 Å². The van der Waals surface area contributed by atoms with Gasteiger partial charge in [0.15, 0.2) is 18.9 Å². The van der Waals surface area contributed by atoms with Crippen LogP contribution in [0.5, 0.6) is 0 Å². The van der Waals surface area contributed by atoms with E-state index in [0.717, 1.165) is 77.0 Å². The summed E-state index contributed by atoms with van der Waals surface area (Å²) in [4.78, 5) is 13.3. The second-order valence-corrected chi connectivity index (χ2v) is 22.1. The number of rotatable bonds is 45. The Balaban J connectivity index is 1.52. The highest BCUT2D eigenvalue weighted by molar-refractivity contribution is 5.76. The normalized spacial score (nSPS) is 29.8. The molecule has 12 N–H and O–H groups in total. The zero-order valence-corrected chi connectivity index (χ0v) is 50.3. The van der Waals surface area contributed by atoms with Crippen molar-refractivity contribution in [3.63, 3.8) is 0 Å². The quantitative estimate of drug-likeness (QED) is 0.0228. The molecule has 3 aliphatic rings. The Morgan fingerprint density at radius 3 is 1.33 bits per heavy atom. The van der Waals surface area contributed by atoms with Gasteiger partial charge in [-0.25, -0.2) is 0 Å². The average molecular weight is 1190 g/mol. The highest BCUT2D eigenvalue weighted by Crippen LogP contribution is 2.33. The van der Waals surface area contributed by atoms with Crippen LogP contribution in [0.2, 0.25) is 0 Å². The van der Waals surface area contributed by atoms with Gasteiger partial charge in [0.1, 0.15) is 73.2 Å². The van der Waals surface area contributed by atoms with E-state index < -0.39 is 131 Å². The highest BCUT2D eigenvalue weighted by Gasteiger charge is 2.53. The van der Waals surface area contributed by atoms with Gasteiger partial charge in [0, 0.05) is 6.42 Å². The van der Waals surface area contributed by atoms with Crippen molar-refractivity contribution in [2.24, 2.45) is 0 Å². The summed E-state index contributed by atoms with van der Waals surface area (Å²) >= 11 is 0. The number of carbonyl (C=O) groups excluding carboxylic acids is 1. The van der Waals surface area contributed by atoms with E-state index in [1.54, 1.807) is 6.08 Å². The Hall–Kier alpha value is -3.29. The number of nitrogens with one attached hydrogen (secondary N) is 1. The van der Waals surface area contributed by atoms with Crippen LogP contribution in [0.4, 0.5) is 0 Å². The number of ether oxygens (including phenoxy) is 6. The fourth-order valence-corrected chi connectivity index (χ4v) is 9.95. The summed E-state index contributed by atoms with van der Waals surface area (Å²) in [7, 11) is 0. The largest absolute Gasteiger partial charge is 0.394 e. The van der Waals surface area contributed by atoms with Gasteiger partial charge in [-0.15, -0.1) is 0 Å². The lowest BCUT2D eigenvalue weighted by molar-refractivity contribution is -0.379. The Morgan fingerprint density at radius 2 is 0.833 bits per heavy atom. The molecule has 19 heteroatoms. The lowest BCUT2D eigenvalue weighted by Gasteiger charge is -2.48. The summed E-state index contributed by atoms with van der Waals surface area (Å²) in [5.41, 5.74) is 0. The van der Waals surface area contributed by atoms with Crippen LogP contribution in [-0.2, 0) is 33.2 Å². The SMILES string of the molecule is CC/C=C\C/C=C\C/C=C\C/C=C\C/C=C\CCCCCC(=O)NC(COC1OC(CO)C(OC2OC(CO)C(OC3OC(CO)C(O)C(O)C3O)C(O)C2O)C(O)C1O)C(O)/C=C/CC/C=C/CC/C=C/CCCCCCCCCCCC. The first kappa shape index (κ1) is 75.0. The third kappa shape index (κ3) is 29.6. The monoisotopic (exact) mass is 1190 g/mol. The molecule has 0 spiro atoms. The third-order valence-electron chi connectivity index (χ3n) is 15.1. The van der Waals surface area contributed by atoms with Gasteiger partial charge in [0.05, 0.1) is 38.6 Å². The second kappa shape index (κ2) is 46.8. The fraction of sp³-hybridized carbons (Fsp3) is 0.738. The minimum absolute atomic E-state index is 0.187. The summed E-state index contributed by atoms with van der Waals surface area (Å²) in [6.45, 7) is 1.54. The van der Waals surface area contributed by atoms with Crippen molar-refractivity contribution in [2.45, 2.75) is 279 Å². The van der Waals surface area contributed by atoms with E-state index in [4.69, 9.17) is 28.4 Å². The summed E-state index contributed by atoms with van der Waals surface area (Å²) in [5, 5.41) is 120. The summed E-state index contributed by atoms with van der Waals surface area (Å²) in [6.07, 6.45) is 32.4. The zero-order valence-electron chi connectivity index (χ0n) is 50.3. The van der Waals surface area contributed by atoms with Crippen molar-refractivity contribution in [1.82, 2.24) is 5.32 Å². The number of hydrogen-bond acceptors (Lipinski definition) is 18. The first-order valence-electron chi connectivity index (χ1n) is 31.5. The van der Waals surface area contributed by atoms with Crippen molar-refractivity contribution in [3.05, 3.63) is 97.2 Å². The maximum atomic E-state index is 13.3. The minimum atomic E-state index is -1.99. The van der Waals surface area contributed by atoms with Crippen LogP contribution in [0.1, 0.15) is 174 Å². The first-order valence-corrected chi connectivity index (χ1v) is 31.5. The fourth-order valence-electron chi connectivity index (χ4n) is 9.95. The average Bonchev–Trinajstić information content (AvgIpc) is 2.79. The Morgan fingerprint density at radius 1 is 0.440 bits per heavy atom. The van der Waals surface area contributed by atoms with Crippen LogP contribution in [0, 0.1) is 0 Å². The van der Waals surface area contributed by atoms with Gasteiger partial charge < -0.3 is 89.9 Å². The Bertz CT molecular complexity index is 1910. The molecule has 0 aliphatic carbocycles. The van der Waals surface area contributed by atoms with Crippen LogP contribution in [0.25, 0.3) is 0 Å². The van der Waals surface area contributed by atoms with E-state index in [0.29, 0.717) is 12.8 Å². The van der Waals surface area contributed by atoms with E-state index in [9.17, 15) is 61.0 Å². The standard InChI is InChI=1S/C65H109NO18/c1-3-5-7-9-11-13-15-17-19-21-23-25-26-28-30-32-34-36-38-40-42-49(70)48(66-53(71)43-41-39-37-35-33-31-29-27-24-22-20-18-16-14-12-10-8-6-4-2)47-79-63-59(77)56(74)61(51(45-68)81-63)84-65-60(78)57(75)62(52(46-69)82-65)83-64-58(76)55(73)54(72)50(44-67)80-64/h6,8,12,14,18,20,24-27,31-34,40,42,48-52,54-65,67-70,72-78H,3-5,7,9-11,13,15-17,19,21-23,28-30,35-39,41,43-47H2,1-2H3,(H,66,71)/b8-6-,14-12-,20-18-,26-25+,27-24-,33-31-,34-32+,42-40+. The van der Waals surface area contributed by atoms with E-state index >= 15 is 0 Å². The maximum absolute atomic E-state index is 13.3. The summed E-state index contributed by atoms with van der Waals surface area (Å²) < 4.78 is 34.2. The molecule has 3 fully saturated rings. The molecule has 0 bridgehead atoms. The predicted octanol–water partition coefficient (Wildman–Crippen LogP) is 6.54.